The van der Waals surface area contributed by atoms with E-state index in [4.69, 9.17) is 40.5 Å². The first-order chi connectivity index (χ1) is 9.56. The highest BCUT2D eigenvalue weighted by atomic mass is 79.9. The molecule has 0 fully saturated rings. The number of nitrogens with zero attached hydrogens (tertiary/aromatic N) is 1. The Bertz CT molecular complexity index is 915. The third-order valence-electron chi connectivity index (χ3n) is 2.84. The largest absolute Gasteiger partial charge is 0.431 e. The average Bonchev–Trinajstić information content (AvgIpc) is 2.42. The maximum Gasteiger partial charge on any atom is 0.274 e. The van der Waals surface area contributed by atoms with Gasteiger partial charge in [0.05, 0.1) is 11.1 Å². The summed E-state index contributed by atoms with van der Waals surface area (Å²) in [7, 11) is 0. The molecule has 0 saturated heterocycles. The Morgan fingerprint density at radius 3 is 2.45 bits per heavy atom. The standard InChI is InChI=1S/C14H7BrClNOS2/c15-8-1-6-12-11(7-8)13(19)17(14(20)18-12)10-4-2-9(16)3-5-10/h1-7H. The molecule has 3 rings (SSSR count). The molecule has 0 saturated carbocycles. The van der Waals surface area contributed by atoms with Crippen molar-refractivity contribution in [2.24, 2.45) is 0 Å². The highest BCUT2D eigenvalue weighted by Gasteiger charge is 2.07. The van der Waals surface area contributed by atoms with Crippen LogP contribution in [0.15, 0.2) is 51.4 Å². The Morgan fingerprint density at radius 1 is 1.05 bits per heavy atom. The Labute approximate surface area is 138 Å². The topological polar surface area (TPSA) is 18.1 Å². The fourth-order valence-corrected chi connectivity index (χ4v) is 3.09. The van der Waals surface area contributed by atoms with Crippen molar-refractivity contribution in [2.45, 2.75) is 0 Å². The molecule has 0 unspecified atom stereocenters. The van der Waals surface area contributed by atoms with E-state index in [1.54, 1.807) is 16.7 Å². The van der Waals surface area contributed by atoms with E-state index >= 15 is 0 Å². The van der Waals surface area contributed by atoms with Crippen molar-refractivity contribution in [1.82, 2.24) is 4.57 Å². The molecule has 100 valence electrons. The molecular weight excluding hydrogens is 378 g/mol. The zero-order valence-electron chi connectivity index (χ0n) is 9.97. The number of fused-ring (bicyclic) bond motifs is 1. The summed E-state index contributed by atoms with van der Waals surface area (Å²) in [6, 6.07) is 12.9. The zero-order valence-corrected chi connectivity index (χ0v) is 13.9. The van der Waals surface area contributed by atoms with Gasteiger partial charge in [0.15, 0.2) is 0 Å². The van der Waals surface area contributed by atoms with Crippen molar-refractivity contribution < 1.29 is 4.42 Å². The Balaban J connectivity index is 2.39. The van der Waals surface area contributed by atoms with Crippen LogP contribution in [-0.2, 0) is 0 Å². The quantitative estimate of drug-likeness (QED) is 0.472. The third-order valence-corrected chi connectivity index (χ3v) is 4.25. The highest BCUT2D eigenvalue weighted by Crippen LogP contribution is 2.24. The smallest absolute Gasteiger partial charge is 0.274 e. The second-order valence-corrected chi connectivity index (χ2v) is 6.21. The van der Waals surface area contributed by atoms with E-state index in [9.17, 15) is 0 Å². The van der Waals surface area contributed by atoms with Gasteiger partial charge in [-0.3, -0.25) is 4.57 Å². The maximum absolute atomic E-state index is 5.90. The molecule has 1 aromatic heterocycles. The van der Waals surface area contributed by atoms with E-state index in [1.807, 2.05) is 30.3 Å². The van der Waals surface area contributed by atoms with Crippen LogP contribution in [0, 0.1) is 9.48 Å². The van der Waals surface area contributed by atoms with Crippen molar-refractivity contribution in [3.05, 3.63) is 61.4 Å². The van der Waals surface area contributed by atoms with Crippen LogP contribution >= 0.6 is 52.0 Å². The van der Waals surface area contributed by atoms with Gasteiger partial charge in [-0.1, -0.05) is 39.7 Å². The monoisotopic (exact) mass is 383 g/mol. The van der Waals surface area contributed by atoms with Crippen molar-refractivity contribution in [3.8, 4) is 5.69 Å². The molecule has 0 amide bonds. The molecule has 0 bridgehead atoms. The summed E-state index contributed by atoms with van der Waals surface area (Å²) in [5.41, 5.74) is 1.50. The molecule has 0 aliphatic rings. The number of halogens is 2. The first-order valence-corrected chi connectivity index (χ1v) is 7.66. The molecule has 2 aromatic carbocycles. The van der Waals surface area contributed by atoms with E-state index < -0.39 is 0 Å². The molecule has 2 nitrogen and oxygen atoms in total. The lowest BCUT2D eigenvalue weighted by atomic mass is 10.2. The summed E-state index contributed by atoms with van der Waals surface area (Å²) < 4.78 is 8.94. The van der Waals surface area contributed by atoms with Crippen LogP contribution in [0.1, 0.15) is 0 Å². The number of aromatic nitrogens is 1. The van der Waals surface area contributed by atoms with Gasteiger partial charge in [0.25, 0.3) is 4.84 Å². The predicted molar refractivity (Wildman–Crippen MR) is 89.9 cm³/mol. The normalized spacial score (nSPS) is 10.9. The van der Waals surface area contributed by atoms with Gasteiger partial charge in [-0.05, 0) is 54.7 Å². The van der Waals surface area contributed by atoms with Crippen molar-refractivity contribution in [3.63, 3.8) is 0 Å². The first kappa shape index (κ1) is 13.9. The number of hydrogen-bond acceptors (Lipinski definition) is 3. The Hall–Kier alpha value is -1.01. The van der Waals surface area contributed by atoms with Crippen LogP contribution in [0.4, 0.5) is 0 Å². The van der Waals surface area contributed by atoms with E-state index in [0.29, 0.717) is 20.1 Å². The maximum atomic E-state index is 5.90. The lowest BCUT2D eigenvalue weighted by molar-refractivity contribution is 0.537. The molecule has 20 heavy (non-hydrogen) atoms. The number of benzene rings is 2. The summed E-state index contributed by atoms with van der Waals surface area (Å²) >= 11 is 20.2. The minimum Gasteiger partial charge on any atom is -0.431 e. The summed E-state index contributed by atoms with van der Waals surface area (Å²) in [6.07, 6.45) is 0. The molecule has 3 aromatic rings. The van der Waals surface area contributed by atoms with Gasteiger partial charge in [-0.15, -0.1) is 0 Å². The van der Waals surface area contributed by atoms with Crippen LogP contribution < -0.4 is 0 Å². The second kappa shape index (κ2) is 5.41. The molecule has 6 heteroatoms. The van der Waals surface area contributed by atoms with Gasteiger partial charge >= 0.3 is 0 Å². The fraction of sp³-hybridized carbons (Fsp3) is 0. The Morgan fingerprint density at radius 2 is 1.75 bits per heavy atom. The molecule has 0 atom stereocenters. The van der Waals surface area contributed by atoms with Crippen LogP contribution in [0.25, 0.3) is 16.7 Å². The van der Waals surface area contributed by atoms with Gasteiger partial charge in [-0.2, -0.15) is 0 Å². The average molecular weight is 385 g/mol. The first-order valence-electron chi connectivity index (χ1n) is 5.67. The molecule has 0 N–H and O–H groups in total. The second-order valence-electron chi connectivity index (χ2n) is 4.13. The highest BCUT2D eigenvalue weighted by molar-refractivity contribution is 9.10. The number of rotatable bonds is 1. The number of hydrogen-bond donors (Lipinski definition) is 0. The zero-order chi connectivity index (χ0) is 14.3. The van der Waals surface area contributed by atoms with Crippen molar-refractivity contribution >= 4 is 62.9 Å². The molecule has 0 spiro atoms. The molecule has 0 radical (unpaired) electrons. The van der Waals surface area contributed by atoms with Crippen molar-refractivity contribution in [2.75, 3.05) is 0 Å². The van der Waals surface area contributed by atoms with E-state index in [2.05, 4.69) is 15.9 Å². The summed E-state index contributed by atoms with van der Waals surface area (Å²) in [5, 5.41) is 1.49. The Kier molecular flexibility index (Phi) is 3.77. The van der Waals surface area contributed by atoms with Gasteiger partial charge in [0.2, 0.25) is 0 Å². The minimum absolute atomic E-state index is 0.312. The van der Waals surface area contributed by atoms with Gasteiger partial charge in [0.1, 0.15) is 10.2 Å². The molecule has 1 heterocycles. The summed E-state index contributed by atoms with van der Waals surface area (Å²) in [5.74, 6) is 0. The lowest BCUT2D eigenvalue weighted by Gasteiger charge is -2.09. The van der Waals surface area contributed by atoms with Gasteiger partial charge in [-0.25, -0.2) is 0 Å². The minimum atomic E-state index is 0.312. The van der Waals surface area contributed by atoms with Crippen LogP contribution in [0.2, 0.25) is 5.02 Å². The van der Waals surface area contributed by atoms with Gasteiger partial charge in [0, 0.05) is 9.50 Å². The van der Waals surface area contributed by atoms with Crippen LogP contribution in [0.5, 0.6) is 0 Å². The SMILES string of the molecule is S=c1oc2ccc(Br)cc2c(=S)n1-c1ccc(Cl)cc1. The van der Waals surface area contributed by atoms with E-state index in [1.165, 1.54) is 0 Å². The predicted octanol–water partition coefficient (Wildman–Crippen LogP) is 6.10. The fourth-order valence-electron chi connectivity index (χ4n) is 1.91. The molecular formula is C14H7BrClNOS2. The van der Waals surface area contributed by atoms with Crippen LogP contribution in [0.3, 0.4) is 0 Å². The van der Waals surface area contributed by atoms with E-state index in [0.717, 1.165) is 15.5 Å². The van der Waals surface area contributed by atoms with Gasteiger partial charge < -0.3 is 4.42 Å². The lowest BCUT2D eigenvalue weighted by Crippen LogP contribution is -1.99. The van der Waals surface area contributed by atoms with E-state index in [-0.39, 0.29) is 0 Å². The molecule has 0 aliphatic heterocycles. The third kappa shape index (κ3) is 2.46. The summed E-state index contributed by atoms with van der Waals surface area (Å²) in [6.45, 7) is 0. The van der Waals surface area contributed by atoms with Crippen molar-refractivity contribution in [1.29, 1.82) is 0 Å². The van der Waals surface area contributed by atoms with Crippen LogP contribution in [-0.4, -0.2) is 4.57 Å². The molecule has 0 aliphatic carbocycles. The summed E-state index contributed by atoms with van der Waals surface area (Å²) in [4.78, 5) is 0.312.